The molecule has 6 nitrogen and oxygen atoms in total. The van der Waals surface area contributed by atoms with Crippen molar-refractivity contribution in [2.45, 2.75) is 26.7 Å². The highest BCUT2D eigenvalue weighted by molar-refractivity contribution is 5.94. The van der Waals surface area contributed by atoms with Crippen molar-refractivity contribution >= 4 is 11.6 Å². The molecule has 0 spiro atoms. The van der Waals surface area contributed by atoms with Gasteiger partial charge in [0.1, 0.15) is 5.82 Å². The Kier molecular flexibility index (Phi) is 5.29. The maximum atomic E-state index is 14.4. The van der Waals surface area contributed by atoms with E-state index in [9.17, 15) is 9.18 Å². The fourth-order valence-corrected chi connectivity index (χ4v) is 2.87. The first kappa shape index (κ1) is 19.1. The fourth-order valence-electron chi connectivity index (χ4n) is 2.87. The molecule has 0 radical (unpaired) electrons. The number of nitrogens with one attached hydrogen (secondary N) is 1. The summed E-state index contributed by atoms with van der Waals surface area (Å²) in [5.41, 5.74) is 1.75. The van der Waals surface area contributed by atoms with Crippen LogP contribution in [0.4, 0.5) is 10.1 Å². The van der Waals surface area contributed by atoms with Crippen LogP contribution in [0, 0.1) is 17.7 Å². The topological polar surface area (TPSA) is 69.0 Å². The zero-order valence-corrected chi connectivity index (χ0v) is 16.4. The van der Waals surface area contributed by atoms with E-state index < -0.39 is 0 Å². The molecule has 1 fully saturated rings. The number of halogens is 1. The summed E-state index contributed by atoms with van der Waals surface area (Å²) in [7, 11) is 0. The van der Waals surface area contributed by atoms with Crippen LogP contribution in [-0.4, -0.2) is 27.3 Å². The molecule has 29 heavy (non-hydrogen) atoms. The molecule has 0 unspecified atom stereocenters. The van der Waals surface area contributed by atoms with E-state index in [4.69, 9.17) is 4.74 Å². The minimum absolute atomic E-state index is 0.0509. The molecule has 1 heterocycles. The van der Waals surface area contributed by atoms with Crippen molar-refractivity contribution in [2.75, 3.05) is 11.9 Å². The number of carbonyl (C=O) groups excluding carboxylic acids is 1. The second kappa shape index (κ2) is 8.03. The van der Waals surface area contributed by atoms with Gasteiger partial charge in [-0.2, -0.15) is 4.98 Å². The quantitative estimate of drug-likeness (QED) is 0.643. The molecule has 0 saturated heterocycles. The molecule has 4 rings (SSSR count). The maximum absolute atomic E-state index is 14.4. The lowest BCUT2D eigenvalue weighted by Gasteiger charge is -2.08. The molecule has 2 aromatic carbocycles. The van der Waals surface area contributed by atoms with Crippen LogP contribution in [0.3, 0.4) is 0 Å². The maximum Gasteiger partial charge on any atom is 0.336 e. The van der Waals surface area contributed by atoms with Crippen molar-refractivity contribution in [3.8, 4) is 23.1 Å². The number of hydrogen-bond acceptors (Lipinski definition) is 4. The SMILES string of the molecule is CC(C)COc1nc(-c2ccccc2F)n(-c2ccc(NC(=O)C3CC3)cc2)n1. The van der Waals surface area contributed by atoms with Gasteiger partial charge in [0.25, 0.3) is 0 Å². The molecule has 0 aliphatic heterocycles. The lowest BCUT2D eigenvalue weighted by molar-refractivity contribution is -0.117. The number of carbonyl (C=O) groups is 1. The third kappa shape index (κ3) is 4.45. The molecule has 1 aromatic heterocycles. The second-order valence-corrected chi connectivity index (χ2v) is 7.62. The van der Waals surface area contributed by atoms with E-state index in [0.717, 1.165) is 18.5 Å². The molecule has 1 aliphatic carbocycles. The van der Waals surface area contributed by atoms with E-state index in [1.54, 1.807) is 35.0 Å². The van der Waals surface area contributed by atoms with Gasteiger partial charge in [0.05, 0.1) is 17.9 Å². The lowest BCUT2D eigenvalue weighted by Crippen LogP contribution is -2.13. The number of benzene rings is 2. The van der Waals surface area contributed by atoms with Crippen LogP contribution in [0.5, 0.6) is 6.01 Å². The van der Waals surface area contributed by atoms with Crippen molar-refractivity contribution < 1.29 is 13.9 Å². The van der Waals surface area contributed by atoms with Gasteiger partial charge >= 0.3 is 6.01 Å². The van der Waals surface area contributed by atoms with Gasteiger partial charge in [-0.15, -0.1) is 5.10 Å². The summed E-state index contributed by atoms with van der Waals surface area (Å²) in [6, 6.07) is 13.9. The first-order valence-electron chi connectivity index (χ1n) is 9.77. The van der Waals surface area contributed by atoms with E-state index in [0.29, 0.717) is 29.6 Å². The van der Waals surface area contributed by atoms with Crippen LogP contribution in [0.1, 0.15) is 26.7 Å². The molecule has 1 aliphatic rings. The minimum Gasteiger partial charge on any atom is -0.462 e. The van der Waals surface area contributed by atoms with E-state index >= 15 is 0 Å². The summed E-state index contributed by atoms with van der Waals surface area (Å²) in [5.74, 6) is 0.475. The Morgan fingerprint density at radius 1 is 1.21 bits per heavy atom. The lowest BCUT2D eigenvalue weighted by atomic mass is 10.2. The average molecular weight is 394 g/mol. The van der Waals surface area contributed by atoms with Gasteiger partial charge in [0.2, 0.25) is 5.91 Å². The van der Waals surface area contributed by atoms with E-state index in [-0.39, 0.29) is 23.7 Å². The Morgan fingerprint density at radius 3 is 2.59 bits per heavy atom. The molecule has 0 atom stereocenters. The highest BCUT2D eigenvalue weighted by Gasteiger charge is 2.29. The molecule has 150 valence electrons. The Morgan fingerprint density at radius 2 is 1.93 bits per heavy atom. The summed E-state index contributed by atoms with van der Waals surface area (Å²) in [5, 5.41) is 7.34. The summed E-state index contributed by atoms with van der Waals surface area (Å²) in [6.45, 7) is 4.53. The number of ether oxygens (including phenoxy) is 1. The first-order chi connectivity index (χ1) is 14.0. The van der Waals surface area contributed by atoms with Crippen LogP contribution in [0.25, 0.3) is 17.1 Å². The van der Waals surface area contributed by atoms with Crippen molar-refractivity contribution in [1.29, 1.82) is 0 Å². The average Bonchev–Trinajstić information content (AvgIpc) is 3.48. The van der Waals surface area contributed by atoms with Crippen molar-refractivity contribution in [3.63, 3.8) is 0 Å². The monoisotopic (exact) mass is 394 g/mol. The highest BCUT2D eigenvalue weighted by Crippen LogP contribution is 2.30. The second-order valence-electron chi connectivity index (χ2n) is 7.62. The summed E-state index contributed by atoms with van der Waals surface area (Å²) >= 11 is 0. The van der Waals surface area contributed by atoms with Gasteiger partial charge in [-0.25, -0.2) is 9.07 Å². The molecule has 1 amide bonds. The van der Waals surface area contributed by atoms with Crippen molar-refractivity contribution in [2.24, 2.45) is 11.8 Å². The van der Waals surface area contributed by atoms with Crippen LogP contribution >= 0.6 is 0 Å². The third-order valence-electron chi connectivity index (χ3n) is 4.58. The number of aromatic nitrogens is 3. The molecular formula is C22H23FN4O2. The molecular weight excluding hydrogens is 371 g/mol. The predicted molar refractivity (Wildman–Crippen MR) is 108 cm³/mol. The normalized spacial score (nSPS) is 13.5. The van der Waals surface area contributed by atoms with E-state index in [1.807, 2.05) is 26.0 Å². The predicted octanol–water partition coefficient (Wildman–Crippen LogP) is 4.46. The molecule has 1 saturated carbocycles. The van der Waals surface area contributed by atoms with Crippen molar-refractivity contribution in [1.82, 2.24) is 14.8 Å². The zero-order valence-electron chi connectivity index (χ0n) is 16.4. The van der Waals surface area contributed by atoms with E-state index in [2.05, 4.69) is 15.4 Å². The van der Waals surface area contributed by atoms with Gasteiger partial charge in [-0.1, -0.05) is 26.0 Å². The summed E-state index contributed by atoms with van der Waals surface area (Å²) in [4.78, 5) is 16.4. The van der Waals surface area contributed by atoms with Crippen LogP contribution < -0.4 is 10.1 Å². The molecule has 7 heteroatoms. The zero-order chi connectivity index (χ0) is 20.4. The smallest absolute Gasteiger partial charge is 0.336 e. The Hall–Kier alpha value is -3.22. The third-order valence-corrected chi connectivity index (χ3v) is 4.58. The number of rotatable bonds is 7. The molecule has 3 aromatic rings. The largest absolute Gasteiger partial charge is 0.462 e. The Bertz CT molecular complexity index is 1010. The standard InChI is InChI=1S/C22H23FN4O2/c1-14(2)13-29-22-25-20(18-5-3-4-6-19(18)23)27(26-22)17-11-9-16(10-12-17)24-21(28)15-7-8-15/h3-6,9-12,14-15H,7-8,13H2,1-2H3,(H,24,28). The first-order valence-corrected chi connectivity index (χ1v) is 9.77. The summed E-state index contributed by atoms with van der Waals surface area (Å²) < 4.78 is 21.6. The molecule has 1 N–H and O–H groups in total. The van der Waals surface area contributed by atoms with Gasteiger partial charge < -0.3 is 10.1 Å². The van der Waals surface area contributed by atoms with Gasteiger partial charge in [0.15, 0.2) is 5.82 Å². The van der Waals surface area contributed by atoms with Gasteiger partial charge in [-0.3, -0.25) is 4.79 Å². The summed E-state index contributed by atoms with van der Waals surface area (Å²) in [6.07, 6.45) is 1.90. The van der Waals surface area contributed by atoms with Gasteiger partial charge in [0, 0.05) is 11.6 Å². The number of hydrogen-bond donors (Lipinski definition) is 1. The van der Waals surface area contributed by atoms with Crippen LogP contribution in [0.2, 0.25) is 0 Å². The van der Waals surface area contributed by atoms with Crippen LogP contribution in [-0.2, 0) is 4.79 Å². The fraction of sp³-hybridized carbons (Fsp3) is 0.318. The Labute approximate surface area is 168 Å². The van der Waals surface area contributed by atoms with Crippen LogP contribution in [0.15, 0.2) is 48.5 Å². The van der Waals surface area contributed by atoms with Crippen molar-refractivity contribution in [3.05, 3.63) is 54.3 Å². The number of nitrogens with zero attached hydrogens (tertiary/aromatic N) is 3. The highest BCUT2D eigenvalue weighted by atomic mass is 19.1. The number of amides is 1. The minimum atomic E-state index is -0.384. The number of anilines is 1. The Balaban J connectivity index is 1.65. The molecule has 0 bridgehead atoms. The van der Waals surface area contributed by atoms with E-state index in [1.165, 1.54) is 6.07 Å². The van der Waals surface area contributed by atoms with Gasteiger partial charge in [-0.05, 0) is 55.2 Å².